The van der Waals surface area contributed by atoms with Gasteiger partial charge in [-0.15, -0.1) is 0 Å². The Morgan fingerprint density at radius 2 is 1.91 bits per heavy atom. The molecule has 1 heterocycles. The SMILES string of the molecule is CCc1nc2ccc(Oc3cccc(Br)c3)c(C)c2c(O)c1C. The number of benzene rings is 2. The highest BCUT2D eigenvalue weighted by Crippen LogP contribution is 2.37. The summed E-state index contributed by atoms with van der Waals surface area (Å²) in [5, 5.41) is 11.3. The fourth-order valence-electron chi connectivity index (χ4n) is 2.74. The first-order valence-corrected chi connectivity index (χ1v) is 8.35. The Hall–Kier alpha value is -2.07. The van der Waals surface area contributed by atoms with E-state index in [0.29, 0.717) is 5.75 Å². The lowest BCUT2D eigenvalue weighted by molar-refractivity contribution is 0.470. The standard InChI is InChI=1S/C19H18BrNO2/c1-4-15-11(2)19(22)18-12(3)17(9-8-16(18)21-15)23-14-7-5-6-13(20)10-14/h5-10H,4H2,1-3H3,(H,21,22). The van der Waals surface area contributed by atoms with Crippen LogP contribution in [0.3, 0.4) is 0 Å². The van der Waals surface area contributed by atoms with Crippen molar-refractivity contribution in [3.05, 3.63) is 57.7 Å². The summed E-state index contributed by atoms with van der Waals surface area (Å²) in [6.45, 7) is 5.89. The van der Waals surface area contributed by atoms with Gasteiger partial charge >= 0.3 is 0 Å². The molecule has 0 spiro atoms. The summed E-state index contributed by atoms with van der Waals surface area (Å²) in [7, 11) is 0. The predicted octanol–water partition coefficient (Wildman–Crippen LogP) is 5.67. The third-order valence-electron chi connectivity index (χ3n) is 4.03. The lowest BCUT2D eigenvalue weighted by Crippen LogP contribution is -1.97. The first-order valence-electron chi connectivity index (χ1n) is 7.56. The smallest absolute Gasteiger partial charge is 0.131 e. The third kappa shape index (κ3) is 2.91. The van der Waals surface area contributed by atoms with Crippen LogP contribution >= 0.6 is 15.9 Å². The number of nitrogens with zero attached hydrogens (tertiary/aromatic N) is 1. The summed E-state index contributed by atoms with van der Waals surface area (Å²) in [5.41, 5.74) is 3.44. The maximum absolute atomic E-state index is 10.6. The largest absolute Gasteiger partial charge is 0.507 e. The fourth-order valence-corrected chi connectivity index (χ4v) is 3.11. The number of hydrogen-bond acceptors (Lipinski definition) is 3. The lowest BCUT2D eigenvalue weighted by Gasteiger charge is -2.14. The van der Waals surface area contributed by atoms with E-state index in [1.54, 1.807) is 0 Å². The van der Waals surface area contributed by atoms with E-state index in [4.69, 9.17) is 4.74 Å². The number of halogens is 1. The highest BCUT2D eigenvalue weighted by Gasteiger charge is 2.15. The van der Waals surface area contributed by atoms with Crippen molar-refractivity contribution >= 4 is 26.8 Å². The van der Waals surface area contributed by atoms with Gasteiger partial charge in [-0.2, -0.15) is 0 Å². The topological polar surface area (TPSA) is 42.4 Å². The van der Waals surface area contributed by atoms with E-state index in [0.717, 1.165) is 50.1 Å². The average molecular weight is 372 g/mol. The van der Waals surface area contributed by atoms with Crippen molar-refractivity contribution in [2.75, 3.05) is 0 Å². The van der Waals surface area contributed by atoms with Crippen molar-refractivity contribution in [3.8, 4) is 17.2 Å². The molecule has 1 N–H and O–H groups in total. The van der Waals surface area contributed by atoms with E-state index in [2.05, 4.69) is 20.9 Å². The molecule has 0 unspecified atom stereocenters. The Morgan fingerprint density at radius 3 is 2.61 bits per heavy atom. The molecular formula is C19H18BrNO2. The van der Waals surface area contributed by atoms with E-state index in [1.807, 2.05) is 57.2 Å². The molecule has 4 heteroatoms. The molecule has 1 aromatic heterocycles. The van der Waals surface area contributed by atoms with Crippen LogP contribution in [0.2, 0.25) is 0 Å². The third-order valence-corrected chi connectivity index (χ3v) is 4.53. The summed E-state index contributed by atoms with van der Waals surface area (Å²) in [4.78, 5) is 4.65. The zero-order valence-corrected chi connectivity index (χ0v) is 14.9. The van der Waals surface area contributed by atoms with Crippen molar-refractivity contribution in [3.63, 3.8) is 0 Å². The van der Waals surface area contributed by atoms with Gasteiger partial charge in [0.2, 0.25) is 0 Å². The molecule has 3 nitrogen and oxygen atoms in total. The van der Waals surface area contributed by atoms with Gasteiger partial charge in [0.1, 0.15) is 17.2 Å². The summed E-state index contributed by atoms with van der Waals surface area (Å²) in [6.07, 6.45) is 0.796. The van der Waals surface area contributed by atoms with Gasteiger partial charge in [0.05, 0.1) is 5.52 Å². The normalized spacial score (nSPS) is 11.0. The Balaban J connectivity index is 2.13. The van der Waals surface area contributed by atoms with Gasteiger partial charge in [-0.05, 0) is 50.6 Å². The molecule has 0 saturated heterocycles. The van der Waals surface area contributed by atoms with E-state index >= 15 is 0 Å². The van der Waals surface area contributed by atoms with Crippen LogP contribution in [0.5, 0.6) is 17.2 Å². The molecule has 2 aromatic carbocycles. The summed E-state index contributed by atoms with van der Waals surface area (Å²) >= 11 is 3.44. The summed E-state index contributed by atoms with van der Waals surface area (Å²) < 4.78 is 6.94. The molecule has 0 fully saturated rings. The maximum atomic E-state index is 10.6. The van der Waals surface area contributed by atoms with Crippen molar-refractivity contribution < 1.29 is 9.84 Å². The van der Waals surface area contributed by atoms with Crippen LogP contribution in [0, 0.1) is 13.8 Å². The van der Waals surface area contributed by atoms with Crippen LogP contribution in [-0.2, 0) is 6.42 Å². The minimum atomic E-state index is 0.295. The lowest BCUT2D eigenvalue weighted by atomic mass is 10.0. The molecule has 118 valence electrons. The number of aryl methyl sites for hydroxylation is 2. The molecule has 0 atom stereocenters. The molecule has 23 heavy (non-hydrogen) atoms. The Bertz CT molecular complexity index is 890. The van der Waals surface area contributed by atoms with Crippen molar-refractivity contribution in [1.82, 2.24) is 4.98 Å². The molecule has 0 amide bonds. The number of fused-ring (bicyclic) bond motifs is 1. The Kier molecular flexibility index (Phi) is 4.26. The van der Waals surface area contributed by atoms with Gasteiger partial charge in [-0.3, -0.25) is 4.98 Å². The number of pyridine rings is 1. The monoisotopic (exact) mass is 371 g/mol. The number of hydrogen-bond donors (Lipinski definition) is 1. The van der Waals surface area contributed by atoms with Crippen LogP contribution in [0.1, 0.15) is 23.7 Å². The van der Waals surface area contributed by atoms with Gasteiger partial charge in [0, 0.05) is 26.7 Å². The van der Waals surface area contributed by atoms with Crippen molar-refractivity contribution in [2.45, 2.75) is 27.2 Å². The Labute approximate surface area is 144 Å². The fraction of sp³-hybridized carbons (Fsp3) is 0.211. The van der Waals surface area contributed by atoms with Crippen LogP contribution in [0.15, 0.2) is 40.9 Å². The number of rotatable bonds is 3. The highest BCUT2D eigenvalue weighted by molar-refractivity contribution is 9.10. The van der Waals surface area contributed by atoms with Gasteiger partial charge in [0.15, 0.2) is 0 Å². The van der Waals surface area contributed by atoms with Crippen LogP contribution in [-0.4, -0.2) is 10.1 Å². The highest BCUT2D eigenvalue weighted by atomic mass is 79.9. The molecule has 0 aliphatic heterocycles. The summed E-state index contributed by atoms with van der Waals surface area (Å²) in [5.74, 6) is 1.76. The van der Waals surface area contributed by atoms with Crippen LogP contribution in [0.4, 0.5) is 0 Å². The molecular weight excluding hydrogens is 354 g/mol. The zero-order valence-electron chi connectivity index (χ0n) is 13.4. The van der Waals surface area contributed by atoms with Gasteiger partial charge in [0.25, 0.3) is 0 Å². The minimum absolute atomic E-state index is 0.295. The molecule has 0 aliphatic rings. The second-order valence-electron chi connectivity index (χ2n) is 5.53. The van der Waals surface area contributed by atoms with Gasteiger partial charge in [-0.25, -0.2) is 0 Å². The quantitative estimate of drug-likeness (QED) is 0.644. The van der Waals surface area contributed by atoms with E-state index in [-0.39, 0.29) is 0 Å². The van der Waals surface area contributed by atoms with E-state index in [9.17, 15) is 5.11 Å². The van der Waals surface area contributed by atoms with Gasteiger partial charge in [-0.1, -0.05) is 28.9 Å². The van der Waals surface area contributed by atoms with Crippen molar-refractivity contribution in [1.29, 1.82) is 0 Å². The molecule has 0 saturated carbocycles. The van der Waals surface area contributed by atoms with Crippen LogP contribution < -0.4 is 4.74 Å². The van der Waals surface area contributed by atoms with Crippen molar-refractivity contribution in [2.24, 2.45) is 0 Å². The number of aromatic hydroxyl groups is 1. The second kappa shape index (κ2) is 6.20. The average Bonchev–Trinajstić information content (AvgIpc) is 2.53. The zero-order chi connectivity index (χ0) is 16.6. The summed E-state index contributed by atoms with van der Waals surface area (Å²) in [6, 6.07) is 11.5. The predicted molar refractivity (Wildman–Crippen MR) is 96.5 cm³/mol. The molecule has 3 rings (SSSR count). The molecule has 0 bridgehead atoms. The first-order chi connectivity index (χ1) is 11.0. The van der Waals surface area contributed by atoms with Crippen LogP contribution in [0.25, 0.3) is 10.9 Å². The first kappa shape index (κ1) is 15.8. The van der Waals surface area contributed by atoms with Gasteiger partial charge < -0.3 is 9.84 Å². The second-order valence-corrected chi connectivity index (χ2v) is 6.44. The maximum Gasteiger partial charge on any atom is 0.131 e. The minimum Gasteiger partial charge on any atom is -0.507 e. The molecule has 0 aliphatic carbocycles. The van der Waals surface area contributed by atoms with E-state index < -0.39 is 0 Å². The van der Waals surface area contributed by atoms with E-state index in [1.165, 1.54) is 0 Å². The number of ether oxygens (including phenoxy) is 1. The Morgan fingerprint density at radius 1 is 1.13 bits per heavy atom. The molecule has 0 radical (unpaired) electrons. The number of aromatic nitrogens is 1. The molecule has 3 aromatic rings.